The van der Waals surface area contributed by atoms with Crippen molar-refractivity contribution in [3.8, 4) is 22.3 Å². The first kappa shape index (κ1) is 67.8. The van der Waals surface area contributed by atoms with Gasteiger partial charge in [0.1, 0.15) is 0 Å². The molecule has 0 atom stereocenters. The van der Waals surface area contributed by atoms with Crippen LogP contribution in [0.1, 0.15) is 0 Å². The lowest BCUT2D eigenvalue weighted by molar-refractivity contribution is 1.22. The van der Waals surface area contributed by atoms with Crippen LogP contribution in [0.15, 0.2) is 413 Å². The SMILES string of the molecule is c1ccc(-c2cccc(-c3ccccc3)c2N2c3ccccc3B3c4cc5c(cc4N(c4cccc6sc7ccccc7c46)c4cc(N(c6ccccc6)c6cccc7c6sc6ccccc67)cc2c43)N(c2cccc3sc4ccccc4c23)c2cc(N(c3ccccc3)c3ccccc3)cc3c2B5c2ccccc2N3c2ccccc2)cc1. The molecule has 18 aromatic carbocycles. The second kappa shape index (κ2) is 27.1. The van der Waals surface area contributed by atoms with Crippen LogP contribution in [0.25, 0.3) is 82.8 Å². The van der Waals surface area contributed by atoms with Gasteiger partial charge in [-0.2, -0.15) is 0 Å². The molecule has 119 heavy (non-hydrogen) atoms. The first-order valence-corrected chi connectivity index (χ1v) is 43.2. The average Bonchev–Trinajstić information content (AvgIpc) is 1.27. The molecule has 0 spiro atoms. The van der Waals surface area contributed by atoms with Crippen LogP contribution in [0.3, 0.4) is 0 Å². The van der Waals surface area contributed by atoms with Crippen LogP contribution < -0.4 is 62.2 Å². The molecule has 0 saturated heterocycles. The van der Waals surface area contributed by atoms with E-state index in [1.165, 1.54) is 93.3 Å². The Bertz CT molecular complexity index is 7590. The molecule has 0 saturated carbocycles. The summed E-state index contributed by atoms with van der Waals surface area (Å²) in [5.74, 6) is 0. The van der Waals surface area contributed by atoms with E-state index < -0.39 is 0 Å². The summed E-state index contributed by atoms with van der Waals surface area (Å²) >= 11 is 5.62. The van der Waals surface area contributed by atoms with E-state index in [0.717, 1.165) is 125 Å². The number of nitrogens with zero attached hydrogens (tertiary/aromatic N) is 6. The molecule has 6 nitrogen and oxygen atoms in total. The Balaban J connectivity index is 0.858. The van der Waals surface area contributed by atoms with Crippen molar-refractivity contribution in [3.63, 3.8) is 0 Å². The molecule has 21 aromatic rings. The van der Waals surface area contributed by atoms with E-state index in [-0.39, 0.29) is 13.4 Å². The van der Waals surface area contributed by atoms with Gasteiger partial charge in [0.15, 0.2) is 0 Å². The standard InChI is InChI=1S/C108H68B2N6S3/c1-7-33-69(34-8-1)77-48-29-49-78(70-35-9-2-10-36-70)107(77)116-88-54-25-23-52-84(88)110-86-67-85-92(68-93(86)115(90-56-32-62-102-104(90)82-47-21-28-60-100(82)118-102)96-65-76(66-97(116)106(96)110)112(73-41-15-5-16-42-73)91-57-30-50-80-79-45-19-26-58-98(79)119-108(80)91)114(89-55-31-61-101-103(89)81-46-20-27-59-99(81)117-101)95-64-75(111(71-37-11-3-12-38-71)72-39-13-4-14-40-72)63-94-105(95)109(85)83-51-22-24-53-87(83)113(94)74-43-17-6-18-44-74/h1-68H. The topological polar surface area (TPSA) is 19.4 Å². The zero-order valence-corrected chi connectivity index (χ0v) is 66.8. The highest BCUT2D eigenvalue weighted by Gasteiger charge is 2.50. The second-order valence-electron chi connectivity index (χ2n) is 31.3. The lowest BCUT2D eigenvalue weighted by atomic mass is 9.30. The van der Waals surface area contributed by atoms with Crippen LogP contribution in [-0.4, -0.2) is 13.4 Å². The quantitative estimate of drug-likeness (QED) is 0.113. The van der Waals surface area contributed by atoms with Gasteiger partial charge in [0.25, 0.3) is 13.4 Å². The molecule has 0 radical (unpaired) electrons. The highest BCUT2D eigenvalue weighted by atomic mass is 32.1. The van der Waals surface area contributed by atoms with Crippen LogP contribution in [0.2, 0.25) is 0 Å². The second-order valence-corrected chi connectivity index (χ2v) is 34.5. The third-order valence-electron chi connectivity index (χ3n) is 24.9. The lowest BCUT2D eigenvalue weighted by Gasteiger charge is -2.48. The van der Waals surface area contributed by atoms with E-state index in [0.29, 0.717) is 0 Å². The van der Waals surface area contributed by atoms with Gasteiger partial charge in [-0.25, -0.2) is 0 Å². The maximum atomic E-state index is 2.74. The molecular weight excluding hydrogens is 1500 g/mol. The number of hydrogen-bond acceptors (Lipinski definition) is 9. The van der Waals surface area contributed by atoms with Gasteiger partial charge in [0, 0.05) is 135 Å². The third-order valence-corrected chi connectivity index (χ3v) is 28.4. The van der Waals surface area contributed by atoms with Crippen molar-refractivity contribution in [2.75, 3.05) is 29.4 Å². The molecule has 11 heteroatoms. The monoisotopic (exact) mass is 1570 g/mol. The molecule has 4 aliphatic heterocycles. The number of fused-ring (bicyclic) bond motifs is 17. The fourth-order valence-electron chi connectivity index (χ4n) is 20.1. The maximum absolute atomic E-state index is 2.74. The molecule has 0 N–H and O–H groups in total. The van der Waals surface area contributed by atoms with Gasteiger partial charge >= 0.3 is 0 Å². The number of rotatable bonds is 12. The van der Waals surface area contributed by atoms with Crippen molar-refractivity contribution in [1.82, 2.24) is 0 Å². The molecule has 554 valence electrons. The first-order chi connectivity index (χ1) is 59.1. The molecule has 0 aliphatic carbocycles. The van der Waals surface area contributed by atoms with E-state index in [1.807, 2.05) is 34.0 Å². The highest BCUT2D eigenvalue weighted by Crippen LogP contribution is 2.58. The van der Waals surface area contributed by atoms with Crippen molar-refractivity contribution in [2.45, 2.75) is 0 Å². The summed E-state index contributed by atoms with van der Waals surface area (Å²) in [4.78, 5) is 15.7. The van der Waals surface area contributed by atoms with Gasteiger partial charge in [0.05, 0.1) is 38.8 Å². The Kier molecular flexibility index (Phi) is 15.4. The molecule has 0 unspecified atom stereocenters. The lowest BCUT2D eigenvalue weighted by Crippen LogP contribution is -2.65. The molecule has 7 heterocycles. The largest absolute Gasteiger partial charge is 0.311 e. The van der Waals surface area contributed by atoms with E-state index >= 15 is 0 Å². The highest BCUT2D eigenvalue weighted by molar-refractivity contribution is 7.27. The van der Waals surface area contributed by atoms with Crippen LogP contribution in [0, 0.1) is 0 Å². The van der Waals surface area contributed by atoms with Crippen molar-refractivity contribution in [3.05, 3.63) is 413 Å². The molecule has 0 fully saturated rings. The van der Waals surface area contributed by atoms with Crippen LogP contribution >= 0.6 is 34.0 Å². The summed E-state index contributed by atoms with van der Waals surface area (Å²) in [6.07, 6.45) is 0. The van der Waals surface area contributed by atoms with E-state index in [2.05, 4.69) is 442 Å². The summed E-state index contributed by atoms with van der Waals surface area (Å²) in [7, 11) is 0. The molecule has 3 aromatic heterocycles. The number of benzene rings is 18. The number of hydrogen-bond donors (Lipinski definition) is 0. The van der Waals surface area contributed by atoms with E-state index in [9.17, 15) is 0 Å². The summed E-state index contributed by atoms with van der Waals surface area (Å²) in [6, 6.07) is 156. The fraction of sp³-hybridized carbons (Fsp3) is 0. The maximum Gasteiger partial charge on any atom is 0.252 e. The van der Waals surface area contributed by atoms with Crippen molar-refractivity contribution >= 4 is 243 Å². The van der Waals surface area contributed by atoms with Crippen molar-refractivity contribution in [2.24, 2.45) is 0 Å². The number of thiophene rings is 3. The molecule has 4 aliphatic rings. The summed E-state index contributed by atoms with van der Waals surface area (Å²) in [5, 5.41) is 7.38. The normalized spacial score (nSPS) is 12.9. The van der Waals surface area contributed by atoms with Gasteiger partial charge in [-0.1, -0.05) is 273 Å². The molecule has 0 amide bonds. The summed E-state index contributed by atoms with van der Waals surface area (Å²) in [6.45, 7) is -0.580. The van der Waals surface area contributed by atoms with Crippen LogP contribution in [0.5, 0.6) is 0 Å². The first-order valence-electron chi connectivity index (χ1n) is 40.8. The molecule has 0 bridgehead atoms. The van der Waals surface area contributed by atoms with Crippen molar-refractivity contribution in [1.29, 1.82) is 0 Å². The summed E-state index contributed by atoms with van der Waals surface area (Å²) in [5.41, 5.74) is 31.6. The fourth-order valence-corrected chi connectivity index (χ4v) is 23.6. The number of anilines is 18. The van der Waals surface area contributed by atoms with Gasteiger partial charge in [-0.3, -0.25) is 0 Å². The van der Waals surface area contributed by atoms with Gasteiger partial charge in [-0.15, -0.1) is 34.0 Å². The average molecular weight is 1570 g/mol. The van der Waals surface area contributed by atoms with Gasteiger partial charge < -0.3 is 29.4 Å². The predicted molar refractivity (Wildman–Crippen MR) is 513 cm³/mol. The predicted octanol–water partition coefficient (Wildman–Crippen LogP) is 27.2. The Morgan fingerprint density at radius 3 is 1.11 bits per heavy atom. The van der Waals surface area contributed by atoms with E-state index in [4.69, 9.17) is 0 Å². The zero-order valence-electron chi connectivity index (χ0n) is 64.3. The Hall–Kier alpha value is -14.5. The van der Waals surface area contributed by atoms with Crippen molar-refractivity contribution < 1.29 is 0 Å². The minimum absolute atomic E-state index is 0.263. The molecule has 25 rings (SSSR count). The van der Waals surface area contributed by atoms with Gasteiger partial charge in [-0.05, 0) is 183 Å². The number of para-hydroxylation sites is 7. The zero-order chi connectivity index (χ0) is 77.9. The minimum Gasteiger partial charge on any atom is -0.311 e. The van der Waals surface area contributed by atoms with Crippen LogP contribution in [0.4, 0.5) is 102 Å². The summed E-state index contributed by atoms with van der Waals surface area (Å²) < 4.78 is 7.43. The van der Waals surface area contributed by atoms with Crippen LogP contribution in [-0.2, 0) is 0 Å². The third kappa shape index (κ3) is 10.4. The van der Waals surface area contributed by atoms with Gasteiger partial charge in [0.2, 0.25) is 0 Å². The smallest absolute Gasteiger partial charge is 0.252 e. The Morgan fingerprint density at radius 1 is 0.218 bits per heavy atom. The molecular formula is C108H68B2N6S3. The van der Waals surface area contributed by atoms with E-state index in [1.54, 1.807) is 0 Å². The Morgan fingerprint density at radius 2 is 0.588 bits per heavy atom. The minimum atomic E-state index is -0.317. The Labute approximate surface area is 701 Å².